The molecule has 1 heterocycles. The molecule has 0 bridgehead atoms. The molecule has 0 aromatic carbocycles. The minimum absolute atomic E-state index is 0.0372. The summed E-state index contributed by atoms with van der Waals surface area (Å²) >= 11 is 0. The van der Waals surface area contributed by atoms with E-state index in [-0.39, 0.29) is 30.2 Å². The van der Waals surface area contributed by atoms with Crippen molar-refractivity contribution in [2.75, 3.05) is 24.3 Å². The minimum Gasteiger partial charge on any atom is -0.396 e. The maximum absolute atomic E-state index is 12.9. The summed E-state index contributed by atoms with van der Waals surface area (Å²) < 4.78 is 38.6. The van der Waals surface area contributed by atoms with Gasteiger partial charge in [0.05, 0.1) is 5.56 Å². The van der Waals surface area contributed by atoms with Gasteiger partial charge in [-0.1, -0.05) is 12.8 Å². The van der Waals surface area contributed by atoms with E-state index in [1.54, 1.807) is 0 Å². The van der Waals surface area contributed by atoms with Gasteiger partial charge in [-0.15, -0.1) is 0 Å². The van der Waals surface area contributed by atoms with Crippen LogP contribution in [-0.4, -0.2) is 29.8 Å². The zero-order valence-corrected chi connectivity index (χ0v) is 11.9. The molecule has 1 aromatic heterocycles. The first-order valence-corrected chi connectivity index (χ1v) is 7.08. The zero-order chi connectivity index (χ0) is 15.5. The highest BCUT2D eigenvalue weighted by molar-refractivity contribution is 5.50. The number of aromatic nitrogens is 1. The van der Waals surface area contributed by atoms with Gasteiger partial charge in [-0.3, -0.25) is 0 Å². The summed E-state index contributed by atoms with van der Waals surface area (Å²) in [6.07, 6.45) is -0.648. The number of anilines is 2. The summed E-state index contributed by atoms with van der Waals surface area (Å²) in [7, 11) is 1.53. The van der Waals surface area contributed by atoms with Crippen LogP contribution < -0.4 is 10.6 Å². The number of rotatable bonds is 4. The summed E-state index contributed by atoms with van der Waals surface area (Å²) in [5, 5.41) is 15.1. The Morgan fingerprint density at radius 1 is 1.24 bits per heavy atom. The van der Waals surface area contributed by atoms with Crippen molar-refractivity contribution in [3.05, 3.63) is 17.7 Å². The first kappa shape index (κ1) is 15.9. The Hall–Kier alpha value is -1.50. The maximum atomic E-state index is 12.9. The number of hydrogen-bond acceptors (Lipinski definition) is 4. The summed E-state index contributed by atoms with van der Waals surface area (Å²) in [6.45, 7) is 0.0372. The number of hydrogen-bond donors (Lipinski definition) is 3. The van der Waals surface area contributed by atoms with Gasteiger partial charge in [-0.2, -0.15) is 13.2 Å². The maximum Gasteiger partial charge on any atom is 0.416 e. The monoisotopic (exact) mass is 303 g/mol. The lowest BCUT2D eigenvalue weighted by Gasteiger charge is -2.31. The van der Waals surface area contributed by atoms with E-state index in [1.807, 2.05) is 0 Å². The standard InChI is InChI=1S/C14H20F3N3O/c1-18-12-6-10(14(15,16)17)7-13(20-12)19-11-5-3-2-4-9(11)8-21/h6-7,9,11,21H,2-5,8H2,1H3,(H2,18,19,20). The lowest BCUT2D eigenvalue weighted by Crippen LogP contribution is -2.34. The molecule has 0 amide bonds. The van der Waals surface area contributed by atoms with Crippen LogP contribution in [0.25, 0.3) is 0 Å². The Kier molecular flexibility index (Phi) is 4.92. The minimum atomic E-state index is -4.41. The van der Waals surface area contributed by atoms with Crippen LogP contribution in [-0.2, 0) is 6.18 Å². The molecule has 2 rings (SSSR count). The summed E-state index contributed by atoms with van der Waals surface area (Å²) in [5.74, 6) is 0.427. The molecule has 0 saturated heterocycles. The molecule has 3 N–H and O–H groups in total. The number of pyridine rings is 1. The van der Waals surface area contributed by atoms with Gasteiger partial charge < -0.3 is 15.7 Å². The van der Waals surface area contributed by atoms with Crippen molar-refractivity contribution in [1.29, 1.82) is 0 Å². The normalized spacial score (nSPS) is 22.9. The molecule has 1 aliphatic rings. The van der Waals surface area contributed by atoms with Crippen LogP contribution in [0, 0.1) is 5.92 Å². The third-order valence-electron chi connectivity index (χ3n) is 3.89. The van der Waals surface area contributed by atoms with E-state index in [4.69, 9.17) is 0 Å². The van der Waals surface area contributed by atoms with E-state index < -0.39 is 11.7 Å². The fourth-order valence-electron chi connectivity index (χ4n) is 2.70. The van der Waals surface area contributed by atoms with Crippen molar-refractivity contribution >= 4 is 11.6 Å². The molecule has 118 valence electrons. The average molecular weight is 303 g/mol. The van der Waals surface area contributed by atoms with Crippen LogP contribution in [0.15, 0.2) is 12.1 Å². The summed E-state index contributed by atoms with van der Waals surface area (Å²) in [4.78, 5) is 4.12. The van der Waals surface area contributed by atoms with Crippen LogP contribution in [0.4, 0.5) is 24.8 Å². The summed E-state index contributed by atoms with van der Waals surface area (Å²) in [5.41, 5.74) is -0.735. The third-order valence-corrected chi connectivity index (χ3v) is 3.89. The van der Waals surface area contributed by atoms with E-state index in [0.717, 1.165) is 37.8 Å². The molecule has 0 aliphatic heterocycles. The van der Waals surface area contributed by atoms with Crippen molar-refractivity contribution in [2.24, 2.45) is 5.92 Å². The number of aliphatic hydroxyl groups is 1. The Labute approximate surface area is 121 Å². The van der Waals surface area contributed by atoms with E-state index in [0.29, 0.717) is 0 Å². The van der Waals surface area contributed by atoms with Crippen LogP contribution >= 0.6 is 0 Å². The van der Waals surface area contributed by atoms with Gasteiger partial charge in [0.15, 0.2) is 0 Å². The van der Waals surface area contributed by atoms with Crippen LogP contribution in [0.5, 0.6) is 0 Å². The van der Waals surface area contributed by atoms with Gasteiger partial charge in [-0.25, -0.2) is 4.98 Å². The molecule has 1 saturated carbocycles. The van der Waals surface area contributed by atoms with Crippen LogP contribution in [0.1, 0.15) is 31.2 Å². The lowest BCUT2D eigenvalue weighted by atomic mass is 9.85. The Balaban J connectivity index is 2.22. The number of alkyl halides is 3. The molecule has 21 heavy (non-hydrogen) atoms. The van der Waals surface area contributed by atoms with Gasteiger partial charge in [0.1, 0.15) is 11.6 Å². The van der Waals surface area contributed by atoms with Crippen molar-refractivity contribution in [1.82, 2.24) is 4.98 Å². The van der Waals surface area contributed by atoms with E-state index in [9.17, 15) is 18.3 Å². The number of nitrogens with one attached hydrogen (secondary N) is 2. The third kappa shape index (κ3) is 4.00. The SMILES string of the molecule is CNc1cc(C(F)(F)F)cc(NC2CCCCC2CO)n1. The first-order valence-electron chi connectivity index (χ1n) is 7.08. The number of nitrogens with zero attached hydrogens (tertiary/aromatic N) is 1. The lowest BCUT2D eigenvalue weighted by molar-refractivity contribution is -0.137. The molecule has 7 heteroatoms. The van der Waals surface area contributed by atoms with Gasteiger partial charge in [0.25, 0.3) is 0 Å². The van der Waals surface area contributed by atoms with Gasteiger partial charge in [-0.05, 0) is 25.0 Å². The fourth-order valence-corrected chi connectivity index (χ4v) is 2.70. The predicted molar refractivity (Wildman–Crippen MR) is 75.2 cm³/mol. The molecular weight excluding hydrogens is 283 g/mol. The van der Waals surface area contributed by atoms with Crippen molar-refractivity contribution in [3.63, 3.8) is 0 Å². The average Bonchev–Trinajstić information content (AvgIpc) is 2.46. The Bertz CT molecular complexity index is 479. The fraction of sp³-hybridized carbons (Fsp3) is 0.643. The second kappa shape index (κ2) is 6.51. The topological polar surface area (TPSA) is 57.2 Å². The van der Waals surface area contributed by atoms with Gasteiger partial charge in [0.2, 0.25) is 0 Å². The van der Waals surface area contributed by atoms with Crippen molar-refractivity contribution in [3.8, 4) is 0 Å². The van der Waals surface area contributed by atoms with Crippen molar-refractivity contribution in [2.45, 2.75) is 37.9 Å². The second-order valence-corrected chi connectivity index (χ2v) is 5.35. The molecule has 1 aliphatic carbocycles. The highest BCUT2D eigenvalue weighted by Gasteiger charge is 2.32. The van der Waals surface area contributed by atoms with Crippen LogP contribution in [0.2, 0.25) is 0 Å². The van der Waals surface area contributed by atoms with E-state index in [2.05, 4.69) is 15.6 Å². The van der Waals surface area contributed by atoms with Crippen LogP contribution in [0.3, 0.4) is 0 Å². The quantitative estimate of drug-likeness (QED) is 0.800. The highest BCUT2D eigenvalue weighted by Crippen LogP contribution is 2.33. The molecule has 4 nitrogen and oxygen atoms in total. The number of aliphatic hydroxyl groups excluding tert-OH is 1. The Morgan fingerprint density at radius 3 is 2.52 bits per heavy atom. The van der Waals surface area contributed by atoms with E-state index in [1.165, 1.54) is 7.05 Å². The zero-order valence-electron chi connectivity index (χ0n) is 11.9. The number of halogens is 3. The second-order valence-electron chi connectivity index (χ2n) is 5.35. The smallest absolute Gasteiger partial charge is 0.396 e. The van der Waals surface area contributed by atoms with Crippen molar-refractivity contribution < 1.29 is 18.3 Å². The molecule has 1 fully saturated rings. The molecule has 0 spiro atoms. The molecule has 2 atom stereocenters. The molecule has 2 unspecified atom stereocenters. The first-order chi connectivity index (χ1) is 9.94. The van der Waals surface area contributed by atoms with Gasteiger partial charge >= 0.3 is 6.18 Å². The summed E-state index contributed by atoms with van der Waals surface area (Å²) in [6, 6.07) is 1.96. The highest BCUT2D eigenvalue weighted by atomic mass is 19.4. The molecule has 1 aromatic rings. The Morgan fingerprint density at radius 2 is 1.90 bits per heavy atom. The molecule has 0 radical (unpaired) electrons. The van der Waals surface area contributed by atoms with Gasteiger partial charge in [0, 0.05) is 25.6 Å². The molecular formula is C14H20F3N3O. The largest absolute Gasteiger partial charge is 0.416 e. The predicted octanol–water partition coefficient (Wildman–Crippen LogP) is 3.11. The van der Waals surface area contributed by atoms with E-state index >= 15 is 0 Å².